The lowest BCUT2D eigenvalue weighted by molar-refractivity contribution is -0.138. The molecular weight excluding hydrogens is 323 g/mol. The molecule has 5 nitrogen and oxygen atoms in total. The Hall–Kier alpha value is -2.51. The van der Waals surface area contributed by atoms with Crippen LogP contribution in [0.5, 0.6) is 0 Å². The fraction of sp³-hybridized carbons (Fsp3) is 0.375. The molecular formula is C16H16F3N3O2. The molecule has 0 unspecified atom stereocenters. The predicted molar refractivity (Wildman–Crippen MR) is 80.8 cm³/mol. The maximum Gasteiger partial charge on any atom is 0.416 e. The van der Waals surface area contributed by atoms with Gasteiger partial charge >= 0.3 is 12.1 Å². The van der Waals surface area contributed by atoms with E-state index in [0.717, 1.165) is 6.07 Å². The van der Waals surface area contributed by atoms with Gasteiger partial charge in [0.05, 0.1) is 24.9 Å². The smallest absolute Gasteiger partial charge is 0.416 e. The number of benzene rings is 1. The minimum atomic E-state index is -4.42. The summed E-state index contributed by atoms with van der Waals surface area (Å²) in [6, 6.07) is 5.46. The summed E-state index contributed by atoms with van der Waals surface area (Å²) in [6.45, 7) is 2.73. The van der Waals surface area contributed by atoms with Crippen LogP contribution >= 0.6 is 0 Å². The van der Waals surface area contributed by atoms with E-state index in [1.165, 1.54) is 19.2 Å². The zero-order valence-corrected chi connectivity index (χ0v) is 13.2. The van der Waals surface area contributed by atoms with Crippen molar-refractivity contribution in [3.8, 4) is 0 Å². The van der Waals surface area contributed by atoms with Crippen molar-refractivity contribution in [2.45, 2.75) is 26.2 Å². The van der Waals surface area contributed by atoms with E-state index in [1.54, 1.807) is 22.6 Å². The monoisotopic (exact) mass is 339 g/mol. The number of fused-ring (bicyclic) bond motifs is 1. The summed E-state index contributed by atoms with van der Waals surface area (Å²) >= 11 is 0. The van der Waals surface area contributed by atoms with Gasteiger partial charge in [0.2, 0.25) is 0 Å². The number of nitrogens with zero attached hydrogens (tertiary/aromatic N) is 3. The summed E-state index contributed by atoms with van der Waals surface area (Å²) in [4.78, 5) is 13.7. The molecule has 0 saturated heterocycles. The molecule has 3 rings (SSSR count). The summed E-state index contributed by atoms with van der Waals surface area (Å²) in [6.07, 6.45) is -4.42. The summed E-state index contributed by atoms with van der Waals surface area (Å²) in [5.74, 6) is -0.0268. The highest BCUT2D eigenvalue weighted by atomic mass is 19.4. The van der Waals surface area contributed by atoms with E-state index < -0.39 is 17.7 Å². The lowest BCUT2D eigenvalue weighted by atomic mass is 10.1. The first kappa shape index (κ1) is 16.4. The highest BCUT2D eigenvalue weighted by Gasteiger charge is 2.35. The number of carbonyl (C=O) groups excluding carboxylic acids is 1. The van der Waals surface area contributed by atoms with Crippen molar-refractivity contribution in [1.82, 2.24) is 9.78 Å². The van der Waals surface area contributed by atoms with Gasteiger partial charge in [-0.05, 0) is 18.6 Å². The minimum Gasteiger partial charge on any atom is -0.465 e. The molecule has 0 amide bonds. The number of halogens is 3. The van der Waals surface area contributed by atoms with Gasteiger partial charge in [0.25, 0.3) is 0 Å². The predicted octanol–water partition coefficient (Wildman–Crippen LogP) is 3.02. The molecule has 1 aliphatic heterocycles. The Bertz CT molecular complexity index is 783. The molecule has 8 heteroatoms. The van der Waals surface area contributed by atoms with Gasteiger partial charge in [-0.1, -0.05) is 18.2 Å². The van der Waals surface area contributed by atoms with Crippen LogP contribution in [0.25, 0.3) is 0 Å². The van der Waals surface area contributed by atoms with Crippen molar-refractivity contribution in [3.63, 3.8) is 0 Å². The molecule has 0 radical (unpaired) electrons. The third-order valence-electron chi connectivity index (χ3n) is 4.06. The molecule has 0 saturated carbocycles. The maximum atomic E-state index is 13.2. The Morgan fingerprint density at radius 1 is 1.29 bits per heavy atom. The molecule has 2 heterocycles. The SMILES string of the molecule is COC(=O)c1c(C)nn2c1N(Cc1ccccc1C(F)(F)F)CC2. The van der Waals surface area contributed by atoms with Gasteiger partial charge in [-0.2, -0.15) is 18.3 Å². The number of aromatic nitrogens is 2. The van der Waals surface area contributed by atoms with Gasteiger partial charge in [-0.3, -0.25) is 0 Å². The van der Waals surface area contributed by atoms with Gasteiger partial charge < -0.3 is 9.64 Å². The van der Waals surface area contributed by atoms with E-state index in [0.29, 0.717) is 30.2 Å². The minimum absolute atomic E-state index is 0.0464. The molecule has 1 aromatic heterocycles. The quantitative estimate of drug-likeness (QED) is 0.807. The first-order chi connectivity index (χ1) is 11.3. The topological polar surface area (TPSA) is 47.4 Å². The molecule has 0 aliphatic carbocycles. The molecule has 1 aromatic carbocycles. The summed E-state index contributed by atoms with van der Waals surface area (Å²) < 4.78 is 45.9. The molecule has 0 fully saturated rings. The van der Waals surface area contributed by atoms with Crippen LogP contribution in [-0.4, -0.2) is 29.4 Å². The van der Waals surface area contributed by atoms with Crippen LogP contribution in [0.1, 0.15) is 27.2 Å². The largest absolute Gasteiger partial charge is 0.465 e. The summed E-state index contributed by atoms with van der Waals surface area (Å²) in [5, 5.41) is 4.28. The van der Waals surface area contributed by atoms with Crippen molar-refractivity contribution >= 4 is 11.8 Å². The van der Waals surface area contributed by atoms with Gasteiger partial charge in [-0.15, -0.1) is 0 Å². The van der Waals surface area contributed by atoms with Gasteiger partial charge in [0.1, 0.15) is 11.4 Å². The number of esters is 1. The zero-order chi connectivity index (χ0) is 17.5. The number of anilines is 1. The van der Waals surface area contributed by atoms with Crippen molar-refractivity contribution < 1.29 is 22.7 Å². The normalized spacial score (nSPS) is 14.0. The van der Waals surface area contributed by atoms with Gasteiger partial charge in [-0.25, -0.2) is 9.48 Å². The fourth-order valence-corrected chi connectivity index (χ4v) is 3.00. The molecule has 0 spiro atoms. The Kier molecular flexibility index (Phi) is 3.98. The van der Waals surface area contributed by atoms with E-state index in [2.05, 4.69) is 5.10 Å². The highest BCUT2D eigenvalue weighted by Crippen LogP contribution is 2.35. The lowest BCUT2D eigenvalue weighted by Gasteiger charge is -2.21. The lowest BCUT2D eigenvalue weighted by Crippen LogP contribution is -2.24. The Morgan fingerprint density at radius 2 is 2.00 bits per heavy atom. The van der Waals surface area contributed by atoms with Crippen molar-refractivity contribution in [2.24, 2.45) is 0 Å². The number of rotatable bonds is 3. The van der Waals surface area contributed by atoms with Crippen LogP contribution in [0.15, 0.2) is 24.3 Å². The van der Waals surface area contributed by atoms with E-state index in [-0.39, 0.29) is 12.1 Å². The van der Waals surface area contributed by atoms with Crippen LogP contribution in [0.2, 0.25) is 0 Å². The van der Waals surface area contributed by atoms with E-state index in [1.807, 2.05) is 0 Å². The molecule has 128 valence electrons. The average molecular weight is 339 g/mol. The van der Waals surface area contributed by atoms with Gasteiger partial charge in [0, 0.05) is 13.1 Å². The standard InChI is InChI=1S/C16H16F3N3O2/c1-10-13(15(23)24-2)14-21(7-8-22(14)20-10)9-11-5-3-4-6-12(11)16(17,18)19/h3-6H,7-9H2,1-2H3. The molecule has 0 atom stereocenters. The van der Waals surface area contributed by atoms with E-state index >= 15 is 0 Å². The molecule has 24 heavy (non-hydrogen) atoms. The van der Waals surface area contributed by atoms with Crippen molar-refractivity contribution in [3.05, 3.63) is 46.6 Å². The number of hydrogen-bond donors (Lipinski definition) is 0. The Morgan fingerprint density at radius 3 is 2.67 bits per heavy atom. The van der Waals surface area contributed by atoms with Crippen LogP contribution in [-0.2, 0) is 24.0 Å². The van der Waals surface area contributed by atoms with Crippen LogP contribution < -0.4 is 4.90 Å². The summed E-state index contributed by atoms with van der Waals surface area (Å²) in [7, 11) is 1.27. The number of ether oxygens (including phenoxy) is 1. The third-order valence-corrected chi connectivity index (χ3v) is 4.06. The van der Waals surface area contributed by atoms with E-state index in [4.69, 9.17) is 4.74 Å². The number of alkyl halides is 3. The molecule has 2 aromatic rings. The highest BCUT2D eigenvalue weighted by molar-refractivity contribution is 5.96. The van der Waals surface area contributed by atoms with Crippen LogP contribution in [0.3, 0.4) is 0 Å². The second kappa shape index (κ2) is 5.85. The summed E-state index contributed by atoms with van der Waals surface area (Å²) in [5.41, 5.74) is 0.303. The van der Waals surface area contributed by atoms with Crippen LogP contribution in [0.4, 0.5) is 19.0 Å². The fourth-order valence-electron chi connectivity index (χ4n) is 3.00. The first-order valence-electron chi connectivity index (χ1n) is 7.38. The third kappa shape index (κ3) is 2.72. The maximum absolute atomic E-state index is 13.2. The zero-order valence-electron chi connectivity index (χ0n) is 13.2. The molecule has 0 N–H and O–H groups in total. The van der Waals surface area contributed by atoms with Crippen molar-refractivity contribution in [1.29, 1.82) is 0 Å². The Balaban J connectivity index is 1.98. The average Bonchev–Trinajstić information content (AvgIpc) is 3.05. The van der Waals surface area contributed by atoms with Crippen LogP contribution in [0, 0.1) is 6.92 Å². The molecule has 1 aliphatic rings. The first-order valence-corrected chi connectivity index (χ1v) is 7.38. The Labute approximate surface area is 136 Å². The van der Waals surface area contributed by atoms with E-state index in [9.17, 15) is 18.0 Å². The number of methoxy groups -OCH3 is 1. The number of aryl methyl sites for hydroxylation is 1. The number of carbonyl (C=O) groups is 1. The second-order valence-corrected chi connectivity index (χ2v) is 5.58. The molecule has 0 bridgehead atoms. The second-order valence-electron chi connectivity index (χ2n) is 5.58. The van der Waals surface area contributed by atoms with Crippen molar-refractivity contribution in [2.75, 3.05) is 18.6 Å². The van der Waals surface area contributed by atoms with Gasteiger partial charge in [0.15, 0.2) is 0 Å². The number of hydrogen-bond acceptors (Lipinski definition) is 4.